The predicted octanol–water partition coefficient (Wildman–Crippen LogP) is 3.91. The zero-order chi connectivity index (χ0) is 40.1. The number of carboxylic acids is 1. The smallest absolute Gasteiger partial charge is 0.412 e. The summed E-state index contributed by atoms with van der Waals surface area (Å²) in [5.41, 5.74) is -1.34. The first kappa shape index (κ1) is 40.5. The van der Waals surface area contributed by atoms with Crippen molar-refractivity contribution >= 4 is 38.2 Å². The second kappa shape index (κ2) is 17.2. The highest BCUT2D eigenvalue weighted by Crippen LogP contribution is 2.37. The average Bonchev–Trinajstić information content (AvgIpc) is 3.26. The number of amides is 3. The summed E-state index contributed by atoms with van der Waals surface area (Å²) in [6.07, 6.45) is 0.474. The van der Waals surface area contributed by atoms with Crippen LogP contribution in [0.4, 0.5) is 13.6 Å². The van der Waals surface area contributed by atoms with Crippen LogP contribution in [0.1, 0.15) is 82.0 Å². The van der Waals surface area contributed by atoms with Crippen LogP contribution in [-0.4, -0.2) is 91.4 Å². The summed E-state index contributed by atoms with van der Waals surface area (Å²) in [5, 5.41) is 16.0. The molecule has 2 bridgehead atoms. The number of aromatic nitrogens is 1. The van der Waals surface area contributed by atoms with Crippen molar-refractivity contribution in [2.45, 2.75) is 64.9 Å². The minimum absolute atomic E-state index is 0.0629. The molecule has 0 saturated carbocycles. The lowest BCUT2D eigenvalue weighted by molar-refractivity contribution is 0.00624. The Labute approximate surface area is 313 Å². The molecule has 20 heteroatoms. The molecule has 3 aromatic rings. The third-order valence-electron chi connectivity index (χ3n) is 8.89. The molecule has 17 nitrogen and oxygen atoms in total. The van der Waals surface area contributed by atoms with Crippen molar-refractivity contribution in [3.05, 3.63) is 92.4 Å². The molecule has 3 unspecified atom stereocenters. The van der Waals surface area contributed by atoms with E-state index in [1.165, 1.54) is 29.9 Å². The second-order valence-electron chi connectivity index (χ2n) is 13.0. The SMILES string of the molecule is CC(C)=NOC1CCC(C)N2CC1n1cc(C(=O)NCc3ccc(F)cc3F)c(=O)c(OCOC(=O)N(C)Cc3cc(C(=O)O)ccc3OP(O)O)c1C2=O. The van der Waals surface area contributed by atoms with Gasteiger partial charge in [0, 0.05) is 49.6 Å². The first-order valence-electron chi connectivity index (χ1n) is 16.8. The molecule has 1 saturated heterocycles. The molecule has 2 aromatic carbocycles. The van der Waals surface area contributed by atoms with E-state index in [0.29, 0.717) is 24.6 Å². The Kier molecular flexibility index (Phi) is 12.7. The fraction of sp³-hybridized carbons (Fsp3) is 0.371. The standard InChI is InChI=1S/C35H38F2N5O12P/c1-18(2)39-53-28-9-5-19(3)41-16-26(28)42-15-24(32(44)38-13-21-6-8-23(36)12-25(21)37)30(43)31(29(42)33(41)45)51-17-52-35(48)40(4)14-22-11-20(34(46)47)7-10-27(22)54-55(49)50/h6-8,10-12,15,19,26,28,49-50H,5,9,13-14,16-17H2,1-4H3,(H,38,44)(H,46,47). The van der Waals surface area contributed by atoms with Crippen LogP contribution in [0.5, 0.6) is 11.5 Å². The van der Waals surface area contributed by atoms with E-state index in [0.717, 1.165) is 23.1 Å². The summed E-state index contributed by atoms with van der Waals surface area (Å²) < 4.78 is 45.1. The highest BCUT2D eigenvalue weighted by Gasteiger charge is 2.44. The van der Waals surface area contributed by atoms with Crippen LogP contribution in [0, 0.1) is 11.6 Å². The topological polar surface area (TPSA) is 219 Å². The molecule has 5 rings (SSSR count). The third kappa shape index (κ3) is 9.36. The number of hydrogen-bond acceptors (Lipinski definition) is 12. The number of hydrogen-bond donors (Lipinski definition) is 4. The fourth-order valence-electron chi connectivity index (χ4n) is 6.13. The number of rotatable bonds is 13. The zero-order valence-corrected chi connectivity index (χ0v) is 30.9. The molecule has 3 atom stereocenters. The maximum atomic E-state index is 14.4. The Balaban J connectivity index is 1.46. The lowest BCUT2D eigenvalue weighted by Crippen LogP contribution is -2.49. The number of oxime groups is 1. The first-order valence-corrected chi connectivity index (χ1v) is 17.9. The average molecular weight is 790 g/mol. The monoisotopic (exact) mass is 789 g/mol. The van der Waals surface area contributed by atoms with Gasteiger partial charge in [-0.05, 0) is 57.9 Å². The number of carboxylic acid groups (broad SMARTS) is 1. The van der Waals surface area contributed by atoms with Gasteiger partial charge in [0.05, 0.1) is 23.9 Å². The summed E-state index contributed by atoms with van der Waals surface area (Å²) >= 11 is 0. The van der Waals surface area contributed by atoms with Crippen LogP contribution >= 0.6 is 8.60 Å². The van der Waals surface area contributed by atoms with Gasteiger partial charge in [-0.25, -0.2) is 18.4 Å². The minimum atomic E-state index is -2.88. The molecule has 2 aliphatic heterocycles. The third-order valence-corrected chi connectivity index (χ3v) is 9.25. The molecule has 1 aromatic heterocycles. The molecule has 1 fully saturated rings. The largest absolute Gasteiger partial charge is 0.478 e. The Hall–Kier alpha value is -5.65. The summed E-state index contributed by atoms with van der Waals surface area (Å²) in [5.74, 6) is -5.34. The summed E-state index contributed by atoms with van der Waals surface area (Å²) in [7, 11) is -1.61. The van der Waals surface area contributed by atoms with Gasteiger partial charge in [0.2, 0.25) is 18.0 Å². The molecule has 0 aliphatic carbocycles. The van der Waals surface area contributed by atoms with Crippen molar-refractivity contribution in [2.75, 3.05) is 20.4 Å². The van der Waals surface area contributed by atoms with E-state index in [1.807, 2.05) is 6.92 Å². The van der Waals surface area contributed by atoms with Gasteiger partial charge < -0.3 is 53.4 Å². The van der Waals surface area contributed by atoms with Gasteiger partial charge in [-0.15, -0.1) is 0 Å². The van der Waals surface area contributed by atoms with E-state index < -0.39 is 86.3 Å². The van der Waals surface area contributed by atoms with E-state index >= 15 is 0 Å². The van der Waals surface area contributed by atoms with Crippen LogP contribution < -0.4 is 20.0 Å². The molecule has 3 amide bonds. The number of carbonyl (C=O) groups is 4. The number of aromatic carboxylic acids is 1. The highest BCUT2D eigenvalue weighted by molar-refractivity contribution is 7.39. The van der Waals surface area contributed by atoms with E-state index in [4.69, 9.17) is 18.8 Å². The van der Waals surface area contributed by atoms with Crippen LogP contribution in [0.15, 0.2) is 52.5 Å². The van der Waals surface area contributed by atoms with Crippen LogP contribution in [0.3, 0.4) is 0 Å². The number of benzene rings is 2. The Morgan fingerprint density at radius 1 is 1.07 bits per heavy atom. The van der Waals surface area contributed by atoms with Gasteiger partial charge in [-0.1, -0.05) is 11.2 Å². The van der Waals surface area contributed by atoms with Gasteiger partial charge in [0.1, 0.15) is 29.1 Å². The molecule has 4 N–H and O–H groups in total. The van der Waals surface area contributed by atoms with Crippen molar-refractivity contribution in [1.29, 1.82) is 0 Å². The van der Waals surface area contributed by atoms with Crippen LogP contribution in [0.25, 0.3) is 0 Å². The second-order valence-corrected chi connectivity index (χ2v) is 13.7. The van der Waals surface area contributed by atoms with Gasteiger partial charge in [0.25, 0.3) is 11.8 Å². The number of nitrogens with one attached hydrogen (secondary N) is 1. The van der Waals surface area contributed by atoms with Crippen molar-refractivity contribution in [3.63, 3.8) is 0 Å². The van der Waals surface area contributed by atoms with Gasteiger partial charge in [-0.2, -0.15) is 0 Å². The molecule has 55 heavy (non-hydrogen) atoms. The molecule has 2 aliphatic rings. The Bertz CT molecular complexity index is 2080. The van der Waals surface area contributed by atoms with Crippen molar-refractivity contribution < 1.29 is 61.7 Å². The number of halogens is 2. The lowest BCUT2D eigenvalue weighted by atomic mass is 10.0. The summed E-state index contributed by atoms with van der Waals surface area (Å²) in [6.45, 7) is 3.73. The van der Waals surface area contributed by atoms with Crippen LogP contribution in [-0.2, 0) is 22.7 Å². The van der Waals surface area contributed by atoms with Crippen molar-refractivity contribution in [1.82, 2.24) is 19.7 Å². The first-order chi connectivity index (χ1) is 26.0. The van der Waals surface area contributed by atoms with Gasteiger partial charge in [-0.3, -0.25) is 14.4 Å². The predicted molar refractivity (Wildman–Crippen MR) is 189 cm³/mol. The summed E-state index contributed by atoms with van der Waals surface area (Å²) in [4.78, 5) is 93.2. The minimum Gasteiger partial charge on any atom is -0.478 e. The fourth-order valence-corrected chi connectivity index (χ4v) is 6.48. The van der Waals surface area contributed by atoms with Crippen molar-refractivity contribution in [2.24, 2.45) is 5.16 Å². The number of ether oxygens (including phenoxy) is 2. The zero-order valence-electron chi connectivity index (χ0n) is 30.0. The highest BCUT2D eigenvalue weighted by atomic mass is 31.2. The number of carbonyl (C=O) groups excluding carboxylic acids is 3. The van der Waals surface area contributed by atoms with Crippen LogP contribution in [0.2, 0.25) is 0 Å². The number of fused-ring (bicyclic) bond motifs is 4. The van der Waals surface area contributed by atoms with Gasteiger partial charge >= 0.3 is 20.7 Å². The number of pyridine rings is 1. The normalized spacial score (nSPS) is 17.4. The quantitative estimate of drug-likeness (QED) is 0.0839. The van der Waals surface area contributed by atoms with E-state index in [1.54, 1.807) is 18.7 Å². The molecule has 0 radical (unpaired) electrons. The van der Waals surface area contributed by atoms with Gasteiger partial charge in [0.15, 0.2) is 5.69 Å². The number of nitrogens with zero attached hydrogens (tertiary/aromatic N) is 4. The van der Waals surface area contributed by atoms with E-state index in [-0.39, 0.29) is 47.3 Å². The molecule has 3 heterocycles. The lowest BCUT2D eigenvalue weighted by Gasteiger charge is -2.38. The Morgan fingerprint density at radius 3 is 2.49 bits per heavy atom. The Morgan fingerprint density at radius 2 is 1.82 bits per heavy atom. The van der Waals surface area contributed by atoms with E-state index in [2.05, 4.69) is 10.5 Å². The molecule has 294 valence electrons. The molecule has 0 spiro atoms. The van der Waals surface area contributed by atoms with E-state index in [9.17, 15) is 47.6 Å². The molecular weight excluding hydrogens is 751 g/mol. The van der Waals surface area contributed by atoms with Crippen molar-refractivity contribution in [3.8, 4) is 11.5 Å². The summed E-state index contributed by atoms with van der Waals surface area (Å²) in [6, 6.07) is 5.34. The maximum Gasteiger partial charge on any atom is 0.412 e. The molecular formula is C35H38F2N5O12P. The maximum absolute atomic E-state index is 14.4.